The molecule has 0 bridgehead atoms. The molecule has 0 unspecified atom stereocenters. The zero-order valence-electron chi connectivity index (χ0n) is 13.5. The number of piperidine rings is 1. The summed E-state index contributed by atoms with van der Waals surface area (Å²) in [5, 5.41) is 2.86. The summed E-state index contributed by atoms with van der Waals surface area (Å²) in [4.78, 5) is 26.0. The van der Waals surface area contributed by atoms with E-state index in [0.717, 1.165) is 5.56 Å². The van der Waals surface area contributed by atoms with Crippen LogP contribution in [-0.2, 0) is 14.3 Å². The first-order chi connectivity index (χ1) is 11.2. The van der Waals surface area contributed by atoms with E-state index in [-0.39, 0.29) is 17.7 Å². The number of carbonyl (C=O) groups excluding carboxylic acids is 2. The van der Waals surface area contributed by atoms with Crippen LogP contribution in [0.5, 0.6) is 0 Å². The van der Waals surface area contributed by atoms with Gasteiger partial charge in [-0.05, 0) is 24.5 Å². The summed E-state index contributed by atoms with van der Waals surface area (Å²) in [6, 6.07) is 9.75. The summed E-state index contributed by atoms with van der Waals surface area (Å²) in [6.45, 7) is 2.31. The van der Waals surface area contributed by atoms with Gasteiger partial charge >= 0.3 is 0 Å². The number of benzene rings is 1. The van der Waals surface area contributed by atoms with Crippen molar-refractivity contribution in [1.29, 1.82) is 0 Å². The number of likely N-dealkylation sites (tertiary alicyclic amines) is 1. The van der Waals surface area contributed by atoms with Crippen molar-refractivity contribution in [3.8, 4) is 0 Å². The molecule has 2 amide bonds. The third-order valence-electron chi connectivity index (χ3n) is 4.00. The van der Waals surface area contributed by atoms with Crippen molar-refractivity contribution in [3.05, 3.63) is 42.0 Å². The zero-order chi connectivity index (χ0) is 16.5. The van der Waals surface area contributed by atoms with E-state index in [9.17, 15) is 9.59 Å². The van der Waals surface area contributed by atoms with Crippen LogP contribution in [0.2, 0.25) is 0 Å². The van der Waals surface area contributed by atoms with E-state index in [1.165, 1.54) is 0 Å². The molecule has 1 aromatic carbocycles. The van der Waals surface area contributed by atoms with E-state index in [2.05, 4.69) is 5.32 Å². The molecule has 0 radical (unpaired) electrons. The number of hydrogen-bond donors (Lipinski definition) is 1. The van der Waals surface area contributed by atoms with Crippen molar-refractivity contribution in [2.24, 2.45) is 5.92 Å². The van der Waals surface area contributed by atoms with Crippen molar-refractivity contribution in [1.82, 2.24) is 10.2 Å². The van der Waals surface area contributed by atoms with E-state index in [4.69, 9.17) is 4.74 Å². The van der Waals surface area contributed by atoms with Gasteiger partial charge in [0, 0.05) is 38.7 Å². The zero-order valence-corrected chi connectivity index (χ0v) is 13.5. The Kier molecular flexibility index (Phi) is 6.81. The second-order valence-electron chi connectivity index (χ2n) is 5.63. The minimum Gasteiger partial charge on any atom is -0.383 e. The van der Waals surface area contributed by atoms with Gasteiger partial charge in [-0.3, -0.25) is 9.59 Å². The van der Waals surface area contributed by atoms with Crippen LogP contribution in [0.15, 0.2) is 36.4 Å². The van der Waals surface area contributed by atoms with E-state index in [1.807, 2.05) is 36.4 Å². The third kappa shape index (κ3) is 5.53. The Morgan fingerprint density at radius 2 is 1.96 bits per heavy atom. The lowest BCUT2D eigenvalue weighted by atomic mass is 9.96. The normalized spacial score (nSPS) is 15.8. The number of amides is 2. The number of methoxy groups -OCH3 is 1. The maximum atomic E-state index is 12.2. The topological polar surface area (TPSA) is 58.6 Å². The van der Waals surface area contributed by atoms with Crippen molar-refractivity contribution in [2.75, 3.05) is 33.4 Å². The molecule has 0 aromatic heterocycles. The fourth-order valence-corrected chi connectivity index (χ4v) is 2.62. The fraction of sp³-hybridized carbons (Fsp3) is 0.444. The van der Waals surface area contributed by atoms with Crippen molar-refractivity contribution in [2.45, 2.75) is 12.8 Å². The van der Waals surface area contributed by atoms with Crippen LogP contribution in [0.1, 0.15) is 18.4 Å². The van der Waals surface area contributed by atoms with Gasteiger partial charge in [-0.15, -0.1) is 0 Å². The van der Waals surface area contributed by atoms with E-state index < -0.39 is 0 Å². The first-order valence-electron chi connectivity index (χ1n) is 7.99. The van der Waals surface area contributed by atoms with Crippen LogP contribution in [0.3, 0.4) is 0 Å². The second-order valence-corrected chi connectivity index (χ2v) is 5.63. The highest BCUT2D eigenvalue weighted by atomic mass is 16.5. The summed E-state index contributed by atoms with van der Waals surface area (Å²) >= 11 is 0. The third-order valence-corrected chi connectivity index (χ3v) is 4.00. The minimum atomic E-state index is -0.00555. The van der Waals surface area contributed by atoms with E-state index >= 15 is 0 Å². The number of carbonyl (C=O) groups is 2. The number of rotatable bonds is 6. The fourth-order valence-electron chi connectivity index (χ4n) is 2.62. The molecule has 0 saturated carbocycles. The van der Waals surface area contributed by atoms with Crippen LogP contribution in [-0.4, -0.2) is 50.1 Å². The molecule has 1 aromatic rings. The molecule has 1 N–H and O–H groups in total. The molecular weight excluding hydrogens is 292 g/mol. The molecule has 5 heteroatoms. The van der Waals surface area contributed by atoms with Gasteiger partial charge in [-0.1, -0.05) is 30.3 Å². The highest BCUT2D eigenvalue weighted by molar-refractivity contribution is 5.92. The summed E-state index contributed by atoms with van der Waals surface area (Å²) in [5.74, 6) is 0.0649. The molecule has 1 aliphatic rings. The number of hydrogen-bond acceptors (Lipinski definition) is 3. The Morgan fingerprint density at radius 1 is 1.26 bits per heavy atom. The molecule has 5 nitrogen and oxygen atoms in total. The highest BCUT2D eigenvalue weighted by Crippen LogP contribution is 2.17. The van der Waals surface area contributed by atoms with Crippen molar-refractivity contribution in [3.63, 3.8) is 0 Å². The second kappa shape index (κ2) is 9.10. The molecule has 1 saturated heterocycles. The van der Waals surface area contributed by atoms with Gasteiger partial charge in [-0.25, -0.2) is 0 Å². The average molecular weight is 316 g/mol. The molecule has 0 atom stereocenters. The quantitative estimate of drug-likeness (QED) is 0.642. The predicted octanol–water partition coefficient (Wildman–Crippen LogP) is 1.70. The Bertz CT molecular complexity index is 534. The highest BCUT2D eigenvalue weighted by Gasteiger charge is 2.26. The molecule has 124 valence electrons. The molecule has 0 spiro atoms. The Balaban J connectivity index is 1.76. The van der Waals surface area contributed by atoms with Gasteiger partial charge in [0.05, 0.1) is 6.61 Å². The lowest BCUT2D eigenvalue weighted by molar-refractivity contribution is -0.132. The molecule has 1 aliphatic heterocycles. The molecular formula is C18H24N2O3. The Hall–Kier alpha value is -2.14. The molecule has 1 heterocycles. The monoisotopic (exact) mass is 316 g/mol. The minimum absolute atomic E-state index is 0.00555. The van der Waals surface area contributed by atoms with Gasteiger partial charge in [-0.2, -0.15) is 0 Å². The number of nitrogens with zero attached hydrogens (tertiary/aromatic N) is 1. The first kappa shape index (κ1) is 17.2. The predicted molar refractivity (Wildman–Crippen MR) is 89.7 cm³/mol. The summed E-state index contributed by atoms with van der Waals surface area (Å²) in [7, 11) is 1.61. The Morgan fingerprint density at radius 3 is 2.61 bits per heavy atom. The van der Waals surface area contributed by atoms with Crippen molar-refractivity contribution >= 4 is 17.9 Å². The van der Waals surface area contributed by atoms with Gasteiger partial charge in [0.25, 0.3) is 0 Å². The largest absolute Gasteiger partial charge is 0.383 e. The first-order valence-corrected chi connectivity index (χ1v) is 7.99. The van der Waals surface area contributed by atoms with E-state index in [0.29, 0.717) is 39.1 Å². The van der Waals surface area contributed by atoms with Gasteiger partial charge in [0.15, 0.2) is 0 Å². The summed E-state index contributed by atoms with van der Waals surface area (Å²) in [5.41, 5.74) is 1.01. The molecule has 23 heavy (non-hydrogen) atoms. The molecule has 2 rings (SSSR count). The maximum Gasteiger partial charge on any atom is 0.246 e. The summed E-state index contributed by atoms with van der Waals surface area (Å²) in [6.07, 6.45) is 4.85. The van der Waals surface area contributed by atoms with Crippen molar-refractivity contribution < 1.29 is 14.3 Å². The summed E-state index contributed by atoms with van der Waals surface area (Å²) < 4.78 is 4.92. The van der Waals surface area contributed by atoms with Gasteiger partial charge in [0.1, 0.15) is 0 Å². The van der Waals surface area contributed by atoms with Gasteiger partial charge < -0.3 is 15.0 Å². The average Bonchev–Trinajstić information content (AvgIpc) is 2.61. The molecule has 1 fully saturated rings. The van der Waals surface area contributed by atoms with Crippen LogP contribution in [0, 0.1) is 5.92 Å². The smallest absolute Gasteiger partial charge is 0.246 e. The van der Waals surface area contributed by atoms with Gasteiger partial charge in [0.2, 0.25) is 11.8 Å². The SMILES string of the molecule is COCCNC(=O)C1CCN(C(=O)C=Cc2ccccc2)CC1. The Labute approximate surface area is 137 Å². The van der Waals surface area contributed by atoms with Crippen LogP contribution >= 0.6 is 0 Å². The van der Waals surface area contributed by atoms with E-state index in [1.54, 1.807) is 18.1 Å². The molecule has 0 aliphatic carbocycles. The lowest BCUT2D eigenvalue weighted by Gasteiger charge is -2.30. The van der Waals surface area contributed by atoms with Crippen LogP contribution in [0.25, 0.3) is 6.08 Å². The van der Waals surface area contributed by atoms with Crippen LogP contribution in [0.4, 0.5) is 0 Å². The number of nitrogens with one attached hydrogen (secondary N) is 1. The standard InChI is InChI=1S/C18H24N2O3/c1-23-14-11-19-18(22)16-9-12-20(13-10-16)17(21)8-7-15-5-3-2-4-6-15/h2-8,16H,9-14H2,1H3,(H,19,22). The maximum absolute atomic E-state index is 12.2. The lowest BCUT2D eigenvalue weighted by Crippen LogP contribution is -2.43. The van der Waals surface area contributed by atoms with Crippen LogP contribution < -0.4 is 5.32 Å². The number of ether oxygens (including phenoxy) is 1.